The molecule has 1 aliphatic rings. The summed E-state index contributed by atoms with van der Waals surface area (Å²) in [6, 6.07) is 31.9. The van der Waals surface area contributed by atoms with Crippen molar-refractivity contribution >= 4 is 12.2 Å². The van der Waals surface area contributed by atoms with Crippen LogP contribution in [0.15, 0.2) is 103 Å². The molecule has 3 aromatic rings. The van der Waals surface area contributed by atoms with Crippen LogP contribution in [-0.2, 0) is 4.74 Å². The van der Waals surface area contributed by atoms with Gasteiger partial charge in [0, 0.05) is 11.8 Å². The van der Waals surface area contributed by atoms with E-state index in [9.17, 15) is 0 Å². The first kappa shape index (κ1) is 19.4. The van der Waals surface area contributed by atoms with Crippen LogP contribution in [0.3, 0.4) is 0 Å². The first-order valence-corrected chi connectivity index (χ1v) is 10.3. The van der Waals surface area contributed by atoms with Gasteiger partial charge in [-0.2, -0.15) is 0 Å². The van der Waals surface area contributed by atoms with Crippen LogP contribution in [0.2, 0.25) is 0 Å². The molecule has 1 heteroatoms. The summed E-state index contributed by atoms with van der Waals surface area (Å²) in [4.78, 5) is 0. The van der Waals surface area contributed by atoms with E-state index in [1.165, 1.54) is 22.3 Å². The van der Waals surface area contributed by atoms with Crippen molar-refractivity contribution in [3.8, 4) is 0 Å². The van der Waals surface area contributed by atoms with Gasteiger partial charge < -0.3 is 4.74 Å². The molecule has 1 heterocycles. The minimum absolute atomic E-state index is 0.258. The third-order valence-corrected chi connectivity index (χ3v) is 5.75. The topological polar surface area (TPSA) is 9.23 Å². The van der Waals surface area contributed by atoms with E-state index in [0.29, 0.717) is 5.92 Å². The fraction of sp³-hybridized carbons (Fsp3) is 0.214. The number of rotatable bonds is 5. The summed E-state index contributed by atoms with van der Waals surface area (Å²) in [6.07, 6.45) is 6.91. The Hall–Kier alpha value is -2.90. The molecule has 0 spiro atoms. The maximum Gasteiger partial charge on any atom is 0.0842 e. The van der Waals surface area contributed by atoms with Crippen molar-refractivity contribution in [2.45, 2.75) is 25.4 Å². The van der Waals surface area contributed by atoms with E-state index in [2.05, 4.69) is 123 Å². The highest BCUT2D eigenvalue weighted by atomic mass is 16.5. The summed E-state index contributed by atoms with van der Waals surface area (Å²) in [5.74, 6) is 0.556. The van der Waals surface area contributed by atoms with E-state index in [1.54, 1.807) is 0 Å². The molecular weight excluding hydrogens is 352 g/mol. The molecule has 4 rings (SSSR count). The van der Waals surface area contributed by atoms with Gasteiger partial charge in [0.25, 0.3) is 0 Å². The first-order chi connectivity index (χ1) is 14.1. The van der Waals surface area contributed by atoms with Gasteiger partial charge in [-0.15, -0.1) is 0 Å². The van der Waals surface area contributed by atoms with Crippen molar-refractivity contribution in [2.75, 3.05) is 6.61 Å². The predicted octanol–water partition coefficient (Wildman–Crippen LogP) is 6.99. The summed E-state index contributed by atoms with van der Waals surface area (Å²) in [6.45, 7) is 5.10. The van der Waals surface area contributed by atoms with Crippen molar-refractivity contribution in [3.63, 3.8) is 0 Å². The molecule has 0 N–H and O–H groups in total. The fourth-order valence-corrected chi connectivity index (χ4v) is 4.16. The summed E-state index contributed by atoms with van der Waals surface area (Å²) < 4.78 is 6.29. The number of hydrogen-bond acceptors (Lipinski definition) is 1. The molecule has 2 unspecified atom stereocenters. The van der Waals surface area contributed by atoms with E-state index in [-0.39, 0.29) is 11.5 Å². The maximum absolute atomic E-state index is 6.29. The van der Waals surface area contributed by atoms with E-state index in [4.69, 9.17) is 4.74 Å². The Kier molecular flexibility index (Phi) is 5.78. The minimum atomic E-state index is -0.270. The van der Waals surface area contributed by atoms with Crippen LogP contribution in [0.5, 0.6) is 0 Å². The average molecular weight is 381 g/mol. The zero-order valence-corrected chi connectivity index (χ0v) is 17.2. The lowest BCUT2D eigenvalue weighted by atomic mass is 9.77. The molecule has 0 aromatic heterocycles. The molecule has 1 fully saturated rings. The molecule has 0 saturated carbocycles. The molecule has 3 aromatic carbocycles. The minimum Gasteiger partial charge on any atom is -0.371 e. The van der Waals surface area contributed by atoms with Crippen molar-refractivity contribution in [2.24, 2.45) is 5.92 Å². The molecule has 0 aliphatic carbocycles. The molecule has 1 nitrogen and oxygen atoms in total. The van der Waals surface area contributed by atoms with E-state index in [0.717, 1.165) is 6.61 Å². The number of ether oxygens (including phenoxy) is 1. The van der Waals surface area contributed by atoms with E-state index < -0.39 is 0 Å². The zero-order valence-electron chi connectivity index (χ0n) is 17.2. The lowest BCUT2D eigenvalue weighted by Gasteiger charge is -2.26. The van der Waals surface area contributed by atoms with Crippen LogP contribution in [0.25, 0.3) is 12.2 Å². The molecule has 0 radical (unpaired) electrons. The molecule has 0 bridgehead atoms. The fourth-order valence-electron chi connectivity index (χ4n) is 4.16. The Morgan fingerprint density at radius 1 is 0.793 bits per heavy atom. The van der Waals surface area contributed by atoms with Crippen molar-refractivity contribution in [1.82, 2.24) is 0 Å². The highest BCUT2D eigenvalue weighted by Gasteiger charge is 2.41. The van der Waals surface area contributed by atoms with Crippen LogP contribution in [0.1, 0.15) is 36.5 Å². The summed E-state index contributed by atoms with van der Waals surface area (Å²) >= 11 is 0. The summed E-state index contributed by atoms with van der Waals surface area (Å²) in [5.41, 5.74) is 4.86. The largest absolute Gasteiger partial charge is 0.371 e. The van der Waals surface area contributed by atoms with Gasteiger partial charge in [-0.1, -0.05) is 109 Å². The Bertz CT molecular complexity index is 969. The standard InChI is InChI=1S/C28H28O/c1-28(2)27(20-23-14-8-4-9-15-23)26(21-29-28)25(24-16-10-5-11-17-24)19-18-22-12-6-3-7-13-22/h3-20,25-26H,21H2,1-2H3/b19-18+,27-20-. The van der Waals surface area contributed by atoms with Gasteiger partial charge in [-0.25, -0.2) is 0 Å². The third-order valence-electron chi connectivity index (χ3n) is 5.75. The Balaban J connectivity index is 1.74. The molecule has 146 valence electrons. The number of hydrogen-bond donors (Lipinski definition) is 0. The van der Waals surface area contributed by atoms with Gasteiger partial charge in [-0.05, 0) is 36.1 Å². The molecular formula is C28H28O. The Labute approximate surface area is 174 Å². The van der Waals surface area contributed by atoms with Crippen LogP contribution in [0.4, 0.5) is 0 Å². The van der Waals surface area contributed by atoms with Gasteiger partial charge in [0.1, 0.15) is 0 Å². The van der Waals surface area contributed by atoms with Crippen LogP contribution < -0.4 is 0 Å². The number of benzene rings is 3. The van der Waals surface area contributed by atoms with E-state index >= 15 is 0 Å². The van der Waals surface area contributed by atoms with Crippen LogP contribution >= 0.6 is 0 Å². The number of allylic oxidation sites excluding steroid dienone is 1. The van der Waals surface area contributed by atoms with Crippen molar-refractivity contribution in [3.05, 3.63) is 119 Å². The van der Waals surface area contributed by atoms with Gasteiger partial charge in [0.05, 0.1) is 12.2 Å². The van der Waals surface area contributed by atoms with Gasteiger partial charge in [-0.3, -0.25) is 0 Å². The second-order valence-corrected chi connectivity index (χ2v) is 8.14. The third kappa shape index (κ3) is 4.58. The second kappa shape index (κ2) is 8.63. The van der Waals surface area contributed by atoms with Crippen molar-refractivity contribution < 1.29 is 4.74 Å². The van der Waals surface area contributed by atoms with E-state index in [1.807, 2.05) is 0 Å². The highest BCUT2D eigenvalue weighted by Crippen LogP contribution is 2.44. The molecule has 1 aliphatic heterocycles. The first-order valence-electron chi connectivity index (χ1n) is 10.3. The van der Waals surface area contributed by atoms with Gasteiger partial charge in [0.2, 0.25) is 0 Å². The molecule has 1 saturated heterocycles. The zero-order chi connectivity index (χ0) is 20.1. The summed E-state index contributed by atoms with van der Waals surface area (Å²) in [5, 5.41) is 0. The molecule has 0 amide bonds. The summed E-state index contributed by atoms with van der Waals surface area (Å²) in [7, 11) is 0. The van der Waals surface area contributed by atoms with Crippen molar-refractivity contribution in [1.29, 1.82) is 0 Å². The molecule has 29 heavy (non-hydrogen) atoms. The monoisotopic (exact) mass is 380 g/mol. The lowest BCUT2D eigenvalue weighted by Crippen LogP contribution is -2.22. The average Bonchev–Trinajstić information content (AvgIpc) is 3.05. The maximum atomic E-state index is 6.29. The highest BCUT2D eigenvalue weighted by molar-refractivity contribution is 5.58. The smallest absolute Gasteiger partial charge is 0.0842 e. The second-order valence-electron chi connectivity index (χ2n) is 8.14. The lowest BCUT2D eigenvalue weighted by molar-refractivity contribution is 0.0500. The Morgan fingerprint density at radius 3 is 1.97 bits per heavy atom. The Morgan fingerprint density at radius 2 is 1.34 bits per heavy atom. The molecule has 2 atom stereocenters. The van der Waals surface area contributed by atoms with Crippen LogP contribution in [0, 0.1) is 5.92 Å². The van der Waals surface area contributed by atoms with Gasteiger partial charge >= 0.3 is 0 Å². The van der Waals surface area contributed by atoms with Crippen LogP contribution in [-0.4, -0.2) is 12.2 Å². The SMILES string of the molecule is CC1(C)OCC(C(/C=C/c2ccccc2)c2ccccc2)/C1=C/c1ccccc1. The van der Waals surface area contributed by atoms with Gasteiger partial charge in [0.15, 0.2) is 0 Å². The quantitative estimate of drug-likeness (QED) is 0.463. The predicted molar refractivity (Wildman–Crippen MR) is 123 cm³/mol. The normalized spacial score (nSPS) is 20.9.